The lowest BCUT2D eigenvalue weighted by molar-refractivity contribution is 0.298. The minimum absolute atomic E-state index is 0.267. The van der Waals surface area contributed by atoms with E-state index in [1.54, 1.807) is 0 Å². The molecule has 0 radical (unpaired) electrons. The number of guanidine groups is 1. The maximum atomic E-state index is 6.00. The summed E-state index contributed by atoms with van der Waals surface area (Å²) in [5.74, 6) is 0.891. The van der Waals surface area contributed by atoms with Crippen molar-refractivity contribution in [1.82, 2.24) is 15.5 Å². The molecular weight excluding hydrogens is 340 g/mol. The molecule has 1 aromatic carbocycles. The number of rotatable bonds is 6. The van der Waals surface area contributed by atoms with Crippen molar-refractivity contribution in [3.8, 4) is 0 Å². The molecule has 6 heteroatoms. The number of hydrogen-bond donors (Lipinski definition) is 2. The molecule has 2 N–H and O–H groups in total. The van der Waals surface area contributed by atoms with Gasteiger partial charge in [-0.05, 0) is 57.3 Å². The molecular formula is C18H29ClN4S. The lowest BCUT2D eigenvalue weighted by Gasteiger charge is -2.27. The summed E-state index contributed by atoms with van der Waals surface area (Å²) in [5, 5.41) is 8.60. The van der Waals surface area contributed by atoms with Crippen LogP contribution in [0.15, 0.2) is 29.3 Å². The Bertz CT molecular complexity index is 532. The topological polar surface area (TPSA) is 39.7 Å². The fourth-order valence-electron chi connectivity index (χ4n) is 3.15. The van der Waals surface area contributed by atoms with Crippen molar-refractivity contribution >= 4 is 29.3 Å². The predicted octanol–water partition coefficient (Wildman–Crippen LogP) is 3.39. The van der Waals surface area contributed by atoms with E-state index in [1.807, 2.05) is 30.9 Å². The summed E-state index contributed by atoms with van der Waals surface area (Å²) in [6.07, 6.45) is 5.94. The van der Waals surface area contributed by atoms with Crippen LogP contribution in [0.1, 0.15) is 30.9 Å². The number of thioether (sulfide) groups is 1. The van der Waals surface area contributed by atoms with Crippen LogP contribution >= 0.6 is 23.4 Å². The molecule has 0 aromatic heterocycles. The summed E-state index contributed by atoms with van der Waals surface area (Å²) < 4.78 is 0. The zero-order chi connectivity index (χ0) is 17.5. The maximum Gasteiger partial charge on any atom is 0.191 e. The van der Waals surface area contributed by atoms with Crippen LogP contribution in [0.2, 0.25) is 5.02 Å². The van der Waals surface area contributed by atoms with Crippen molar-refractivity contribution < 1.29 is 0 Å². The van der Waals surface area contributed by atoms with Gasteiger partial charge in [0.25, 0.3) is 0 Å². The molecule has 4 nitrogen and oxygen atoms in total. The van der Waals surface area contributed by atoms with Gasteiger partial charge in [-0.3, -0.25) is 4.99 Å². The van der Waals surface area contributed by atoms with Gasteiger partial charge in [-0.2, -0.15) is 11.8 Å². The largest absolute Gasteiger partial charge is 0.354 e. The fourth-order valence-corrected chi connectivity index (χ4v) is 4.07. The van der Waals surface area contributed by atoms with E-state index in [4.69, 9.17) is 11.6 Å². The molecule has 134 valence electrons. The first-order valence-electron chi connectivity index (χ1n) is 8.45. The van der Waals surface area contributed by atoms with Crippen molar-refractivity contribution in [3.05, 3.63) is 34.9 Å². The van der Waals surface area contributed by atoms with E-state index in [0.29, 0.717) is 6.04 Å². The average molecular weight is 369 g/mol. The van der Waals surface area contributed by atoms with E-state index < -0.39 is 0 Å². The third kappa shape index (κ3) is 5.57. The van der Waals surface area contributed by atoms with Gasteiger partial charge >= 0.3 is 0 Å². The average Bonchev–Trinajstić information content (AvgIpc) is 3.03. The van der Waals surface area contributed by atoms with Crippen LogP contribution in [0.4, 0.5) is 0 Å². The third-order valence-corrected chi connectivity index (χ3v) is 5.97. The zero-order valence-electron chi connectivity index (χ0n) is 15.1. The molecule has 0 saturated heterocycles. The van der Waals surface area contributed by atoms with Crippen LogP contribution in [0, 0.1) is 0 Å². The van der Waals surface area contributed by atoms with Gasteiger partial charge in [0.2, 0.25) is 0 Å². The summed E-state index contributed by atoms with van der Waals surface area (Å²) >= 11 is 7.98. The number of benzene rings is 1. The summed E-state index contributed by atoms with van der Waals surface area (Å²) in [4.78, 5) is 6.60. The van der Waals surface area contributed by atoms with Gasteiger partial charge in [0.1, 0.15) is 0 Å². The van der Waals surface area contributed by atoms with Crippen molar-refractivity contribution in [2.75, 3.05) is 33.9 Å². The molecule has 1 aromatic rings. The molecule has 24 heavy (non-hydrogen) atoms. The van der Waals surface area contributed by atoms with Crippen LogP contribution in [0.3, 0.4) is 0 Å². The molecule has 0 bridgehead atoms. The van der Waals surface area contributed by atoms with Gasteiger partial charge in [0, 0.05) is 29.9 Å². The Morgan fingerprint density at radius 2 is 2.04 bits per heavy atom. The molecule has 2 rings (SSSR count). The summed E-state index contributed by atoms with van der Waals surface area (Å²) in [6, 6.07) is 8.86. The molecule has 3 atom stereocenters. The van der Waals surface area contributed by atoms with E-state index in [2.05, 4.69) is 53.0 Å². The van der Waals surface area contributed by atoms with Crippen molar-refractivity contribution in [3.63, 3.8) is 0 Å². The second-order valence-electron chi connectivity index (χ2n) is 6.50. The Morgan fingerprint density at radius 3 is 2.58 bits per heavy atom. The molecule has 0 aliphatic heterocycles. The molecule has 0 heterocycles. The number of nitrogens with one attached hydrogen (secondary N) is 2. The number of halogens is 1. The standard InChI is InChI=1S/C18H29ClN4S/c1-20-18(22-15-9-10-16(11-15)24-4)21-12-17(23(2)3)13-5-7-14(19)8-6-13/h5-8,15-17H,9-12H2,1-4H3,(H2,20,21,22). The Hall–Kier alpha value is -0.910. The first kappa shape index (κ1) is 19.4. The van der Waals surface area contributed by atoms with E-state index in [0.717, 1.165) is 22.8 Å². The number of aliphatic imine (C=N–C) groups is 1. The molecule has 1 fully saturated rings. The van der Waals surface area contributed by atoms with Gasteiger partial charge in [0.05, 0.1) is 6.04 Å². The first-order valence-corrected chi connectivity index (χ1v) is 10.1. The second kappa shape index (κ2) is 9.54. The summed E-state index contributed by atoms with van der Waals surface area (Å²) in [5.41, 5.74) is 1.25. The zero-order valence-corrected chi connectivity index (χ0v) is 16.6. The Balaban J connectivity index is 1.91. The maximum absolute atomic E-state index is 6.00. The van der Waals surface area contributed by atoms with Gasteiger partial charge < -0.3 is 15.5 Å². The second-order valence-corrected chi connectivity index (χ2v) is 8.07. The SMILES string of the molecule is CN=C(NCC(c1ccc(Cl)cc1)N(C)C)NC1CCC(SC)C1. The van der Waals surface area contributed by atoms with E-state index in [1.165, 1.54) is 24.8 Å². The Morgan fingerprint density at radius 1 is 1.33 bits per heavy atom. The lowest BCUT2D eigenvalue weighted by atomic mass is 10.1. The van der Waals surface area contributed by atoms with Gasteiger partial charge in [-0.1, -0.05) is 23.7 Å². The monoisotopic (exact) mass is 368 g/mol. The normalized spacial score (nSPS) is 22.7. The van der Waals surface area contributed by atoms with Crippen LogP contribution in [0.5, 0.6) is 0 Å². The first-order chi connectivity index (χ1) is 11.5. The number of nitrogens with zero attached hydrogens (tertiary/aromatic N) is 2. The van der Waals surface area contributed by atoms with Crippen LogP contribution < -0.4 is 10.6 Å². The highest BCUT2D eigenvalue weighted by atomic mass is 35.5. The van der Waals surface area contributed by atoms with Gasteiger partial charge in [-0.25, -0.2) is 0 Å². The minimum atomic E-state index is 0.267. The van der Waals surface area contributed by atoms with Crippen molar-refractivity contribution in [2.45, 2.75) is 36.6 Å². The molecule has 1 aliphatic rings. The van der Waals surface area contributed by atoms with Crippen LogP contribution in [0.25, 0.3) is 0 Å². The van der Waals surface area contributed by atoms with Crippen molar-refractivity contribution in [2.24, 2.45) is 4.99 Å². The molecule has 1 saturated carbocycles. The smallest absolute Gasteiger partial charge is 0.191 e. The van der Waals surface area contributed by atoms with Crippen molar-refractivity contribution in [1.29, 1.82) is 0 Å². The minimum Gasteiger partial charge on any atom is -0.354 e. The quantitative estimate of drug-likeness (QED) is 0.596. The number of likely N-dealkylation sites (N-methyl/N-ethyl adjacent to an activating group) is 1. The fraction of sp³-hybridized carbons (Fsp3) is 0.611. The van der Waals surface area contributed by atoms with E-state index in [-0.39, 0.29) is 6.04 Å². The molecule has 1 aliphatic carbocycles. The number of hydrogen-bond acceptors (Lipinski definition) is 3. The lowest BCUT2D eigenvalue weighted by Crippen LogP contribution is -2.45. The van der Waals surface area contributed by atoms with Crippen LogP contribution in [-0.2, 0) is 0 Å². The molecule has 3 unspecified atom stereocenters. The predicted molar refractivity (Wildman–Crippen MR) is 107 cm³/mol. The summed E-state index contributed by atoms with van der Waals surface area (Å²) in [6.45, 7) is 0.799. The molecule has 0 amide bonds. The summed E-state index contributed by atoms with van der Waals surface area (Å²) in [7, 11) is 6.03. The highest BCUT2D eigenvalue weighted by Crippen LogP contribution is 2.28. The van der Waals surface area contributed by atoms with Gasteiger partial charge in [-0.15, -0.1) is 0 Å². The van der Waals surface area contributed by atoms with E-state index >= 15 is 0 Å². The Labute approximate surface area is 155 Å². The van der Waals surface area contributed by atoms with Gasteiger partial charge in [0.15, 0.2) is 5.96 Å². The third-order valence-electron chi connectivity index (χ3n) is 4.62. The highest BCUT2D eigenvalue weighted by molar-refractivity contribution is 7.99. The van der Waals surface area contributed by atoms with Crippen LogP contribution in [-0.4, -0.2) is 56.1 Å². The highest BCUT2D eigenvalue weighted by Gasteiger charge is 2.24. The van der Waals surface area contributed by atoms with E-state index in [9.17, 15) is 0 Å². The Kier molecular flexibility index (Phi) is 7.72. The molecule has 0 spiro atoms.